The zero-order chi connectivity index (χ0) is 18.5. The minimum atomic E-state index is -0.217. The Labute approximate surface area is 155 Å². The topological polar surface area (TPSA) is 77.1 Å². The maximum Gasteiger partial charge on any atom is 0.266 e. The van der Waals surface area contributed by atoms with Crippen LogP contribution in [0.1, 0.15) is 18.4 Å². The van der Waals surface area contributed by atoms with Crippen molar-refractivity contribution in [2.24, 2.45) is 0 Å². The summed E-state index contributed by atoms with van der Waals surface area (Å²) in [6, 6.07) is 12.0. The second-order valence-electron chi connectivity index (χ2n) is 5.87. The van der Waals surface area contributed by atoms with E-state index < -0.39 is 0 Å². The van der Waals surface area contributed by atoms with E-state index in [2.05, 4.69) is 10.4 Å². The lowest BCUT2D eigenvalue weighted by molar-refractivity contribution is -0.116. The highest BCUT2D eigenvalue weighted by Gasteiger charge is 2.08. The fourth-order valence-corrected chi connectivity index (χ4v) is 2.63. The Hall–Kier alpha value is -2.86. The van der Waals surface area contributed by atoms with Gasteiger partial charge in [0.05, 0.1) is 6.26 Å². The molecule has 1 amide bonds. The number of carbonyl (C=O) groups is 1. The van der Waals surface area contributed by atoms with Gasteiger partial charge in [0.15, 0.2) is 5.76 Å². The Morgan fingerprint density at radius 3 is 2.85 bits per heavy atom. The third-order valence-electron chi connectivity index (χ3n) is 3.87. The van der Waals surface area contributed by atoms with Gasteiger partial charge < -0.3 is 9.73 Å². The quantitative estimate of drug-likeness (QED) is 0.713. The summed E-state index contributed by atoms with van der Waals surface area (Å²) in [6.07, 6.45) is 2.30. The number of nitrogens with zero attached hydrogens (tertiary/aromatic N) is 2. The van der Waals surface area contributed by atoms with Crippen LogP contribution in [0.15, 0.2) is 57.9 Å². The van der Waals surface area contributed by atoms with Gasteiger partial charge in [-0.15, -0.1) is 0 Å². The van der Waals surface area contributed by atoms with Gasteiger partial charge in [-0.1, -0.05) is 17.7 Å². The van der Waals surface area contributed by atoms with Crippen molar-refractivity contribution in [3.05, 3.63) is 69.7 Å². The molecule has 2 aromatic heterocycles. The van der Waals surface area contributed by atoms with Gasteiger partial charge in [0, 0.05) is 29.7 Å². The molecule has 0 radical (unpaired) electrons. The predicted octanol–water partition coefficient (Wildman–Crippen LogP) is 3.88. The maximum absolute atomic E-state index is 12.1. The Morgan fingerprint density at radius 1 is 1.27 bits per heavy atom. The van der Waals surface area contributed by atoms with Crippen LogP contribution in [0.5, 0.6) is 0 Å². The number of aryl methyl sites for hydroxylation is 2. The summed E-state index contributed by atoms with van der Waals surface area (Å²) < 4.78 is 6.63. The third-order valence-corrected chi connectivity index (χ3v) is 4.28. The van der Waals surface area contributed by atoms with Crippen molar-refractivity contribution in [2.45, 2.75) is 26.3 Å². The second-order valence-corrected chi connectivity index (χ2v) is 6.28. The van der Waals surface area contributed by atoms with Crippen molar-refractivity contribution < 1.29 is 9.21 Å². The first-order chi connectivity index (χ1) is 12.5. The average Bonchev–Trinajstić information content (AvgIpc) is 3.14. The molecule has 7 heteroatoms. The Morgan fingerprint density at radius 2 is 2.12 bits per heavy atom. The summed E-state index contributed by atoms with van der Waals surface area (Å²) in [6.45, 7) is 2.24. The fourth-order valence-electron chi connectivity index (χ4n) is 2.45. The molecule has 0 bridgehead atoms. The van der Waals surface area contributed by atoms with Crippen molar-refractivity contribution in [2.75, 3.05) is 5.32 Å². The van der Waals surface area contributed by atoms with Gasteiger partial charge in [-0.25, -0.2) is 4.68 Å². The molecule has 3 rings (SSSR count). The summed E-state index contributed by atoms with van der Waals surface area (Å²) in [5, 5.41) is 7.68. The molecule has 0 saturated carbocycles. The van der Waals surface area contributed by atoms with Crippen molar-refractivity contribution in [1.82, 2.24) is 9.78 Å². The Kier molecular flexibility index (Phi) is 5.53. The third kappa shape index (κ3) is 4.40. The molecule has 0 fully saturated rings. The summed E-state index contributed by atoms with van der Waals surface area (Å²) in [7, 11) is 0. The molecule has 0 unspecified atom stereocenters. The first-order valence-electron chi connectivity index (χ1n) is 8.21. The molecule has 2 heterocycles. The molecule has 0 aliphatic carbocycles. The van der Waals surface area contributed by atoms with Gasteiger partial charge in [0.1, 0.15) is 5.69 Å². The molecule has 0 aliphatic rings. The molecule has 26 heavy (non-hydrogen) atoms. The van der Waals surface area contributed by atoms with Gasteiger partial charge in [-0.2, -0.15) is 5.10 Å². The van der Waals surface area contributed by atoms with Crippen molar-refractivity contribution in [3.63, 3.8) is 0 Å². The second kappa shape index (κ2) is 8.01. The largest absolute Gasteiger partial charge is 0.463 e. The lowest BCUT2D eigenvalue weighted by atomic mass is 10.2. The summed E-state index contributed by atoms with van der Waals surface area (Å²) in [4.78, 5) is 24.0. The SMILES string of the molecule is Cc1ccc(NC(=O)CCCn2nc(-c3ccco3)ccc2=O)cc1Cl. The number of furan rings is 1. The van der Waals surface area contributed by atoms with Crippen LogP contribution in [0.4, 0.5) is 5.69 Å². The number of aromatic nitrogens is 2. The number of benzene rings is 1. The van der Waals surface area contributed by atoms with Gasteiger partial charge in [-0.3, -0.25) is 9.59 Å². The molecule has 1 aromatic carbocycles. The number of anilines is 1. The van der Waals surface area contributed by atoms with Crippen LogP contribution in [0, 0.1) is 6.92 Å². The first kappa shape index (κ1) is 17.9. The number of carbonyl (C=O) groups excluding carboxylic acids is 1. The van der Waals surface area contributed by atoms with Gasteiger partial charge in [-0.05, 0) is 49.2 Å². The smallest absolute Gasteiger partial charge is 0.266 e. The van der Waals surface area contributed by atoms with Crippen LogP contribution in [0.2, 0.25) is 5.02 Å². The van der Waals surface area contributed by atoms with E-state index in [0.717, 1.165) is 5.56 Å². The van der Waals surface area contributed by atoms with Crippen LogP contribution in [0.3, 0.4) is 0 Å². The number of hydrogen-bond acceptors (Lipinski definition) is 4. The lowest BCUT2D eigenvalue weighted by Gasteiger charge is -2.08. The highest BCUT2D eigenvalue weighted by Crippen LogP contribution is 2.20. The maximum atomic E-state index is 12.1. The minimum absolute atomic E-state index is 0.139. The van der Waals surface area contributed by atoms with E-state index in [0.29, 0.717) is 35.1 Å². The van der Waals surface area contributed by atoms with Gasteiger partial charge in [0.25, 0.3) is 5.56 Å². The van der Waals surface area contributed by atoms with E-state index in [4.69, 9.17) is 16.0 Å². The molecule has 0 saturated heterocycles. The molecule has 3 aromatic rings. The van der Waals surface area contributed by atoms with E-state index >= 15 is 0 Å². The number of halogens is 1. The normalized spacial score (nSPS) is 10.7. The first-order valence-corrected chi connectivity index (χ1v) is 8.59. The Bertz CT molecular complexity index is 964. The lowest BCUT2D eigenvalue weighted by Crippen LogP contribution is -2.23. The molecular formula is C19H18ClN3O3. The van der Waals surface area contributed by atoms with E-state index in [1.165, 1.54) is 10.7 Å². The standard InChI is InChI=1S/C19H18ClN3O3/c1-13-6-7-14(12-15(13)20)21-18(24)5-2-10-23-19(25)9-8-16(22-23)17-4-3-11-26-17/h3-4,6-9,11-12H,2,5,10H2,1H3,(H,21,24). The Balaban J connectivity index is 1.57. The van der Waals surface area contributed by atoms with Gasteiger partial charge >= 0.3 is 0 Å². The van der Waals surface area contributed by atoms with Crippen LogP contribution in [-0.2, 0) is 11.3 Å². The average molecular weight is 372 g/mol. The van der Waals surface area contributed by atoms with Crippen molar-refractivity contribution >= 4 is 23.2 Å². The number of nitrogens with one attached hydrogen (secondary N) is 1. The minimum Gasteiger partial charge on any atom is -0.463 e. The van der Waals surface area contributed by atoms with Crippen molar-refractivity contribution in [3.8, 4) is 11.5 Å². The zero-order valence-electron chi connectivity index (χ0n) is 14.2. The molecule has 0 spiro atoms. The van der Waals surface area contributed by atoms with Gasteiger partial charge in [0.2, 0.25) is 5.91 Å². The molecule has 1 N–H and O–H groups in total. The molecule has 0 aliphatic heterocycles. The number of rotatable bonds is 6. The molecular weight excluding hydrogens is 354 g/mol. The monoisotopic (exact) mass is 371 g/mol. The molecule has 0 atom stereocenters. The van der Waals surface area contributed by atoms with Crippen LogP contribution >= 0.6 is 11.6 Å². The summed E-state index contributed by atoms with van der Waals surface area (Å²) >= 11 is 6.05. The van der Waals surface area contributed by atoms with Crippen LogP contribution in [-0.4, -0.2) is 15.7 Å². The molecule has 6 nitrogen and oxygen atoms in total. The van der Waals surface area contributed by atoms with E-state index in [9.17, 15) is 9.59 Å². The molecule has 134 valence electrons. The number of hydrogen-bond donors (Lipinski definition) is 1. The summed E-state index contributed by atoms with van der Waals surface area (Å²) in [5.74, 6) is 0.452. The summed E-state index contributed by atoms with van der Waals surface area (Å²) in [5.41, 5.74) is 1.96. The van der Waals surface area contributed by atoms with E-state index in [1.807, 2.05) is 13.0 Å². The number of amides is 1. The van der Waals surface area contributed by atoms with Crippen molar-refractivity contribution in [1.29, 1.82) is 0 Å². The highest BCUT2D eigenvalue weighted by atomic mass is 35.5. The highest BCUT2D eigenvalue weighted by molar-refractivity contribution is 6.31. The fraction of sp³-hybridized carbons (Fsp3) is 0.211. The van der Waals surface area contributed by atoms with Crippen LogP contribution in [0.25, 0.3) is 11.5 Å². The predicted molar refractivity (Wildman–Crippen MR) is 100 cm³/mol. The zero-order valence-corrected chi connectivity index (χ0v) is 15.0. The van der Waals surface area contributed by atoms with E-state index in [1.54, 1.807) is 36.6 Å². The van der Waals surface area contributed by atoms with E-state index in [-0.39, 0.29) is 17.9 Å². The van der Waals surface area contributed by atoms with Crippen LogP contribution < -0.4 is 10.9 Å².